The summed E-state index contributed by atoms with van der Waals surface area (Å²) in [5.74, 6) is 0.940. The van der Waals surface area contributed by atoms with Gasteiger partial charge in [-0.05, 0) is 25.8 Å². The van der Waals surface area contributed by atoms with Crippen LogP contribution in [0.25, 0.3) is 11.2 Å². The molecule has 8 nitrogen and oxygen atoms in total. The first-order valence-corrected chi connectivity index (χ1v) is 7.89. The van der Waals surface area contributed by atoms with Gasteiger partial charge in [-0.1, -0.05) is 6.42 Å². The van der Waals surface area contributed by atoms with E-state index in [1.54, 1.807) is 7.05 Å². The minimum atomic E-state index is -0.386. The topological polar surface area (TPSA) is 96.2 Å². The van der Waals surface area contributed by atoms with Gasteiger partial charge in [0.05, 0.1) is 12.6 Å². The van der Waals surface area contributed by atoms with Crippen LogP contribution in [0.5, 0.6) is 0 Å². The number of H-pyrrole nitrogens is 1. The minimum Gasteiger partial charge on any atom is -0.393 e. The SMILES string of the molecule is CN(Cc1nc2c([nH]1)c(=O)n(C)c(=O)n2C)CC1CCCC1O. The van der Waals surface area contributed by atoms with E-state index in [0.29, 0.717) is 29.5 Å². The van der Waals surface area contributed by atoms with Crippen LogP contribution >= 0.6 is 0 Å². The number of hydrogen-bond acceptors (Lipinski definition) is 5. The van der Waals surface area contributed by atoms with Crippen LogP contribution in [0.3, 0.4) is 0 Å². The van der Waals surface area contributed by atoms with Crippen LogP contribution in [-0.4, -0.2) is 48.8 Å². The third kappa shape index (κ3) is 2.84. The number of rotatable bonds is 4. The van der Waals surface area contributed by atoms with Gasteiger partial charge in [0.2, 0.25) is 0 Å². The number of imidazole rings is 1. The number of nitrogens with one attached hydrogen (secondary N) is 1. The maximum atomic E-state index is 12.2. The number of hydrogen-bond donors (Lipinski definition) is 2. The van der Waals surface area contributed by atoms with Crippen molar-refractivity contribution in [1.29, 1.82) is 0 Å². The molecule has 0 saturated heterocycles. The number of fused-ring (bicyclic) bond motifs is 1. The molecule has 0 amide bonds. The molecular weight excluding hydrogens is 298 g/mol. The van der Waals surface area contributed by atoms with Gasteiger partial charge in [0.1, 0.15) is 11.3 Å². The maximum absolute atomic E-state index is 12.2. The second-order valence-corrected chi connectivity index (χ2v) is 6.54. The fraction of sp³-hybridized carbons (Fsp3) is 0.667. The van der Waals surface area contributed by atoms with Crippen molar-refractivity contribution in [3.8, 4) is 0 Å². The average molecular weight is 321 g/mol. The summed E-state index contributed by atoms with van der Waals surface area (Å²) in [6.07, 6.45) is 2.77. The lowest BCUT2D eigenvalue weighted by atomic mass is 10.1. The zero-order valence-corrected chi connectivity index (χ0v) is 13.7. The number of aliphatic hydroxyl groups excluding tert-OH is 1. The summed E-state index contributed by atoms with van der Waals surface area (Å²) in [5.41, 5.74) is -0.0278. The molecule has 0 radical (unpaired) electrons. The van der Waals surface area contributed by atoms with Crippen molar-refractivity contribution in [3.63, 3.8) is 0 Å². The molecule has 2 unspecified atom stereocenters. The number of aromatic nitrogens is 4. The highest BCUT2D eigenvalue weighted by atomic mass is 16.3. The van der Waals surface area contributed by atoms with Gasteiger partial charge in [-0.15, -0.1) is 0 Å². The van der Waals surface area contributed by atoms with Gasteiger partial charge in [-0.2, -0.15) is 0 Å². The Hall–Kier alpha value is -1.93. The third-order valence-electron chi connectivity index (χ3n) is 4.73. The van der Waals surface area contributed by atoms with Crippen LogP contribution < -0.4 is 11.2 Å². The summed E-state index contributed by atoms with van der Waals surface area (Å²) < 4.78 is 2.44. The first-order valence-electron chi connectivity index (χ1n) is 7.89. The van der Waals surface area contributed by atoms with E-state index in [1.807, 2.05) is 7.05 Å². The molecule has 23 heavy (non-hydrogen) atoms. The molecule has 126 valence electrons. The molecule has 2 aromatic rings. The quantitative estimate of drug-likeness (QED) is 0.795. The van der Waals surface area contributed by atoms with E-state index in [1.165, 1.54) is 11.6 Å². The second kappa shape index (κ2) is 5.93. The molecule has 2 aromatic heterocycles. The highest BCUT2D eigenvalue weighted by molar-refractivity contribution is 5.69. The zero-order valence-electron chi connectivity index (χ0n) is 13.7. The normalized spacial score (nSPS) is 21.6. The minimum absolute atomic E-state index is 0.221. The molecule has 0 aliphatic heterocycles. The zero-order chi connectivity index (χ0) is 16.7. The van der Waals surface area contributed by atoms with Crippen molar-refractivity contribution in [2.75, 3.05) is 13.6 Å². The Balaban J connectivity index is 1.84. The van der Waals surface area contributed by atoms with Crippen molar-refractivity contribution < 1.29 is 5.11 Å². The van der Waals surface area contributed by atoms with E-state index in [-0.39, 0.29) is 17.4 Å². The lowest BCUT2D eigenvalue weighted by molar-refractivity contribution is 0.107. The van der Waals surface area contributed by atoms with E-state index >= 15 is 0 Å². The van der Waals surface area contributed by atoms with Crippen molar-refractivity contribution in [2.24, 2.45) is 20.0 Å². The summed E-state index contributed by atoms with van der Waals surface area (Å²) in [5, 5.41) is 9.92. The lowest BCUT2D eigenvalue weighted by Gasteiger charge is -2.22. The lowest BCUT2D eigenvalue weighted by Crippen LogP contribution is -2.36. The van der Waals surface area contributed by atoms with Gasteiger partial charge in [-0.3, -0.25) is 18.8 Å². The van der Waals surface area contributed by atoms with Gasteiger partial charge in [-0.25, -0.2) is 9.78 Å². The van der Waals surface area contributed by atoms with Crippen molar-refractivity contribution in [3.05, 3.63) is 26.7 Å². The van der Waals surface area contributed by atoms with Gasteiger partial charge in [0, 0.05) is 20.6 Å². The first-order chi connectivity index (χ1) is 10.9. The summed E-state index contributed by atoms with van der Waals surface area (Å²) in [6.45, 7) is 1.32. The van der Waals surface area contributed by atoms with Crippen LogP contribution in [0.2, 0.25) is 0 Å². The summed E-state index contributed by atoms with van der Waals surface area (Å²) in [4.78, 5) is 33.6. The van der Waals surface area contributed by atoms with Crippen LogP contribution in [0, 0.1) is 5.92 Å². The Morgan fingerprint density at radius 3 is 2.70 bits per heavy atom. The molecule has 1 aliphatic rings. The van der Waals surface area contributed by atoms with Crippen LogP contribution in [0.4, 0.5) is 0 Å². The summed E-state index contributed by atoms with van der Waals surface area (Å²) in [6, 6.07) is 0. The first kappa shape index (κ1) is 15.9. The fourth-order valence-electron chi connectivity index (χ4n) is 3.40. The monoisotopic (exact) mass is 321 g/mol. The smallest absolute Gasteiger partial charge is 0.332 e. The average Bonchev–Trinajstić information content (AvgIpc) is 3.10. The fourth-order valence-corrected chi connectivity index (χ4v) is 3.40. The van der Waals surface area contributed by atoms with Crippen molar-refractivity contribution in [1.82, 2.24) is 24.0 Å². The van der Waals surface area contributed by atoms with E-state index in [9.17, 15) is 14.7 Å². The van der Waals surface area contributed by atoms with Crippen molar-refractivity contribution >= 4 is 11.2 Å². The van der Waals surface area contributed by atoms with Gasteiger partial charge < -0.3 is 10.1 Å². The Morgan fingerprint density at radius 1 is 1.30 bits per heavy atom. The number of nitrogens with zero attached hydrogens (tertiary/aromatic N) is 4. The molecule has 0 aromatic carbocycles. The van der Waals surface area contributed by atoms with E-state index in [2.05, 4.69) is 14.9 Å². The summed E-state index contributed by atoms with van der Waals surface area (Å²) in [7, 11) is 5.03. The van der Waals surface area contributed by atoms with Gasteiger partial charge in [0.15, 0.2) is 5.65 Å². The summed E-state index contributed by atoms with van der Waals surface area (Å²) >= 11 is 0. The highest BCUT2D eigenvalue weighted by Crippen LogP contribution is 2.26. The molecule has 1 saturated carbocycles. The Morgan fingerprint density at radius 2 is 2.04 bits per heavy atom. The molecule has 0 bridgehead atoms. The van der Waals surface area contributed by atoms with Crippen LogP contribution in [0.1, 0.15) is 25.1 Å². The highest BCUT2D eigenvalue weighted by Gasteiger charge is 2.26. The molecule has 8 heteroatoms. The molecule has 0 spiro atoms. The predicted molar refractivity (Wildman–Crippen MR) is 86.3 cm³/mol. The third-order valence-corrected chi connectivity index (χ3v) is 4.73. The maximum Gasteiger partial charge on any atom is 0.332 e. The molecular formula is C15H23N5O3. The number of aryl methyl sites for hydroxylation is 1. The van der Waals surface area contributed by atoms with Gasteiger partial charge in [0.25, 0.3) is 5.56 Å². The number of aliphatic hydroxyl groups is 1. The Kier molecular flexibility index (Phi) is 4.11. The second-order valence-electron chi connectivity index (χ2n) is 6.54. The number of aromatic amines is 1. The standard InChI is InChI=1S/C15H23N5O3/c1-18(7-9-5-4-6-10(9)21)8-11-16-12-13(17-11)19(2)15(23)20(3)14(12)22/h9-10,21H,4-8H2,1-3H3,(H,16,17). The van der Waals surface area contributed by atoms with Crippen molar-refractivity contribution in [2.45, 2.75) is 31.9 Å². The molecule has 2 N–H and O–H groups in total. The van der Waals surface area contributed by atoms with Gasteiger partial charge >= 0.3 is 5.69 Å². The Bertz CT molecular complexity index is 834. The van der Waals surface area contributed by atoms with E-state index in [0.717, 1.165) is 30.4 Å². The molecule has 2 heterocycles. The largest absolute Gasteiger partial charge is 0.393 e. The van der Waals surface area contributed by atoms with Crippen LogP contribution in [0.15, 0.2) is 9.59 Å². The predicted octanol–water partition coefficient (Wildman–Crippen LogP) is -0.447. The Labute approximate surface area is 133 Å². The van der Waals surface area contributed by atoms with E-state index < -0.39 is 0 Å². The molecule has 2 atom stereocenters. The van der Waals surface area contributed by atoms with E-state index in [4.69, 9.17) is 0 Å². The molecule has 3 rings (SSSR count). The molecule has 1 aliphatic carbocycles. The van der Waals surface area contributed by atoms with Crippen LogP contribution in [-0.2, 0) is 20.6 Å². The molecule has 1 fully saturated rings.